The zero-order chi connectivity index (χ0) is 40.3. The molecule has 2 aromatic carbocycles. The fourth-order valence-electron chi connectivity index (χ4n) is 11.6. The van der Waals surface area contributed by atoms with Crippen molar-refractivity contribution in [3.05, 3.63) is 202 Å². The average Bonchev–Trinajstić information content (AvgIpc) is 4.05. The Morgan fingerprint density at radius 3 is 2.52 bits per heavy atom. The van der Waals surface area contributed by atoms with Crippen molar-refractivity contribution in [2.45, 2.75) is 105 Å². The number of allylic oxidation sites excluding steroid dienone is 17. The van der Waals surface area contributed by atoms with Gasteiger partial charge in [-0.05, 0) is 116 Å². The largest absolute Gasteiger partial charge is 0.628 e. The number of aromatic nitrogens is 1. The van der Waals surface area contributed by atoms with E-state index in [1.54, 1.807) is 5.57 Å². The van der Waals surface area contributed by atoms with Gasteiger partial charge in [-0.1, -0.05) is 145 Å². The zero-order valence-electron chi connectivity index (χ0n) is 34.8. The van der Waals surface area contributed by atoms with E-state index in [1.807, 2.05) is 0 Å². The molecule has 5 nitrogen and oxygen atoms in total. The van der Waals surface area contributed by atoms with E-state index < -0.39 is 0 Å². The van der Waals surface area contributed by atoms with Crippen molar-refractivity contribution in [2.75, 3.05) is 0 Å². The second kappa shape index (κ2) is 16.0. The molecule has 61 heavy (non-hydrogen) atoms. The van der Waals surface area contributed by atoms with E-state index in [2.05, 4.69) is 178 Å². The van der Waals surface area contributed by atoms with Gasteiger partial charge in [-0.3, -0.25) is 0 Å². The van der Waals surface area contributed by atoms with Gasteiger partial charge in [0, 0.05) is 49.9 Å². The number of hydrogen-bond donors (Lipinski definition) is 3. The Morgan fingerprint density at radius 2 is 1.67 bits per heavy atom. The van der Waals surface area contributed by atoms with Crippen LogP contribution >= 0.6 is 11.8 Å². The van der Waals surface area contributed by atoms with Crippen LogP contribution in [0.5, 0.6) is 0 Å². The van der Waals surface area contributed by atoms with Gasteiger partial charge in [0.15, 0.2) is 0 Å². The Kier molecular flexibility index (Phi) is 9.86. The van der Waals surface area contributed by atoms with Crippen molar-refractivity contribution in [2.24, 2.45) is 5.92 Å². The van der Waals surface area contributed by atoms with Crippen LogP contribution in [0.25, 0.3) is 27.7 Å². The van der Waals surface area contributed by atoms with Crippen molar-refractivity contribution in [1.29, 1.82) is 0 Å². The molecule has 0 radical (unpaired) electrons. The van der Waals surface area contributed by atoms with E-state index in [4.69, 9.17) is 5.32 Å². The summed E-state index contributed by atoms with van der Waals surface area (Å²) in [5, 5.41) is 14.1. The van der Waals surface area contributed by atoms with Gasteiger partial charge in [0.2, 0.25) is 0 Å². The predicted molar refractivity (Wildman–Crippen MR) is 253 cm³/mol. The first-order chi connectivity index (χ1) is 30.3. The molecule has 7 atom stereocenters. The number of nitrogens with one attached hydrogen (secondary N) is 3. The standard InChI is InChI=1S/C55H54N5S/c1-5-18-35(19-6-1)39-26-13-14-27-40(39)45-34-44(55-58-53(36-20-7-2-8-21-36)57-54(59-55)37-22-9-3-10-23-37)51(56-45)43-29-17-31-47-49(43)50-48(61-47)33-32-42-41-28-15-16-30-46(41)60(52(42)50)38-24-11-4-12-25-38/h1-9,11,14,17-20,22,24,27-29,31-34,36,46,48,50,53-56,58-59H,10,12-13,15-16,21,23,25-26,30H2/q-1. The lowest BCUT2D eigenvalue weighted by Crippen LogP contribution is -2.54. The van der Waals surface area contributed by atoms with Gasteiger partial charge in [-0.25, -0.2) is 0 Å². The van der Waals surface area contributed by atoms with Crippen LogP contribution in [0.15, 0.2) is 179 Å². The van der Waals surface area contributed by atoms with Crippen LogP contribution < -0.4 is 10.6 Å². The Balaban J connectivity index is 1.04. The maximum absolute atomic E-state index is 5.51. The van der Waals surface area contributed by atoms with Gasteiger partial charge in [-0.2, -0.15) is 0 Å². The van der Waals surface area contributed by atoms with Crippen LogP contribution in [-0.4, -0.2) is 33.5 Å². The number of hydrogen-bond acceptors (Lipinski definition) is 4. The minimum Gasteiger partial charge on any atom is -0.628 e. The number of nitrogens with zero attached hydrogens (tertiary/aromatic N) is 2. The molecule has 0 bridgehead atoms. The molecule has 0 saturated carbocycles. The lowest BCUT2D eigenvalue weighted by atomic mass is 9.81. The van der Waals surface area contributed by atoms with E-state index >= 15 is 0 Å². The molecule has 3 N–H and O–H groups in total. The normalized spacial score (nSPS) is 29.9. The number of rotatable bonds is 7. The Bertz CT molecular complexity index is 2600. The topological polar surface area (TPSA) is 57.2 Å². The summed E-state index contributed by atoms with van der Waals surface area (Å²) in [5.41, 5.74) is 17.9. The summed E-state index contributed by atoms with van der Waals surface area (Å²) in [6.07, 6.45) is 46.0. The van der Waals surface area contributed by atoms with Crippen LogP contribution in [0.3, 0.4) is 0 Å². The van der Waals surface area contributed by atoms with E-state index in [1.165, 1.54) is 91.5 Å². The zero-order valence-corrected chi connectivity index (χ0v) is 35.6. The fourth-order valence-corrected chi connectivity index (χ4v) is 12.9. The van der Waals surface area contributed by atoms with Crippen molar-refractivity contribution < 1.29 is 0 Å². The lowest BCUT2D eigenvalue weighted by Gasteiger charge is -2.53. The second-order valence-corrected chi connectivity index (χ2v) is 19.2. The van der Waals surface area contributed by atoms with Crippen LogP contribution in [0, 0.1) is 5.92 Å². The summed E-state index contributed by atoms with van der Waals surface area (Å²) >= 11 is 2.06. The molecule has 6 aliphatic carbocycles. The maximum Gasteiger partial charge on any atom is 0.0833 e. The lowest BCUT2D eigenvalue weighted by molar-refractivity contribution is 0.288. The number of fused-ring (bicyclic) bond motifs is 6. The maximum atomic E-state index is 5.51. The highest BCUT2D eigenvalue weighted by Gasteiger charge is 2.48. The first-order valence-electron chi connectivity index (χ1n) is 22.9. The van der Waals surface area contributed by atoms with Gasteiger partial charge in [-0.15, -0.1) is 11.8 Å². The van der Waals surface area contributed by atoms with E-state index in [0.717, 1.165) is 44.9 Å². The summed E-state index contributed by atoms with van der Waals surface area (Å²) in [6, 6.07) is 21.1. The van der Waals surface area contributed by atoms with Crippen LogP contribution in [0.1, 0.15) is 98.7 Å². The van der Waals surface area contributed by atoms with Gasteiger partial charge in [0.05, 0.1) is 17.9 Å². The molecule has 1 aromatic heterocycles. The first kappa shape index (κ1) is 37.6. The van der Waals surface area contributed by atoms with E-state index in [0.29, 0.717) is 17.2 Å². The summed E-state index contributed by atoms with van der Waals surface area (Å²) < 4.78 is 0. The molecule has 12 rings (SSSR count). The number of aromatic amines is 1. The summed E-state index contributed by atoms with van der Waals surface area (Å²) in [6.45, 7) is 0. The Hall–Kier alpha value is -5.11. The number of benzene rings is 2. The number of thioether (sulfide) groups is 1. The van der Waals surface area contributed by atoms with Gasteiger partial charge >= 0.3 is 0 Å². The Labute approximate surface area is 365 Å². The van der Waals surface area contributed by atoms with E-state index in [-0.39, 0.29) is 24.4 Å². The SMILES string of the molecule is C1=CCCC(C2[N-]C(C3C=CC=CC3)NC(c3cc(C4=C(c5ccccc5)CCC=C4)[nH]c3-c3cccc4c3C3C5=C(C=CC3S4)C3=CCCCC3N5C3=CC=CCC3)N2)=C1. The summed E-state index contributed by atoms with van der Waals surface area (Å²) in [7, 11) is 0. The molecule has 3 aliphatic heterocycles. The monoisotopic (exact) mass is 816 g/mol. The highest BCUT2D eigenvalue weighted by atomic mass is 32.2. The van der Waals surface area contributed by atoms with Gasteiger partial charge in [0.1, 0.15) is 0 Å². The van der Waals surface area contributed by atoms with E-state index in [9.17, 15) is 0 Å². The third-order valence-corrected chi connectivity index (χ3v) is 15.7. The third kappa shape index (κ3) is 6.66. The molecule has 1 saturated heterocycles. The van der Waals surface area contributed by atoms with Crippen molar-refractivity contribution in [1.82, 2.24) is 20.5 Å². The highest BCUT2D eigenvalue weighted by molar-refractivity contribution is 8.00. The quantitative estimate of drug-likeness (QED) is 0.222. The van der Waals surface area contributed by atoms with Crippen molar-refractivity contribution >= 4 is 22.9 Å². The molecule has 9 aliphatic rings. The fraction of sp³-hybridized carbons (Fsp3) is 0.309. The van der Waals surface area contributed by atoms with Crippen LogP contribution in [0.4, 0.5) is 0 Å². The average molecular weight is 817 g/mol. The molecular formula is C55H54N5S-. The van der Waals surface area contributed by atoms with Crippen LogP contribution in [-0.2, 0) is 0 Å². The highest BCUT2D eigenvalue weighted by Crippen LogP contribution is 2.60. The molecule has 306 valence electrons. The second-order valence-electron chi connectivity index (χ2n) is 17.9. The molecule has 1 fully saturated rings. The molecular weight excluding hydrogens is 763 g/mol. The first-order valence-corrected chi connectivity index (χ1v) is 23.8. The third-order valence-electron chi connectivity index (χ3n) is 14.4. The molecule has 0 amide bonds. The summed E-state index contributed by atoms with van der Waals surface area (Å²) in [4.78, 5) is 8.43. The minimum atomic E-state index is -0.121. The molecule has 4 heterocycles. The van der Waals surface area contributed by atoms with Crippen molar-refractivity contribution in [3.8, 4) is 11.3 Å². The molecule has 6 heteroatoms. The molecule has 0 spiro atoms. The summed E-state index contributed by atoms with van der Waals surface area (Å²) in [5.74, 6) is 0.545. The number of H-pyrrole nitrogens is 1. The smallest absolute Gasteiger partial charge is 0.0833 e. The van der Waals surface area contributed by atoms with Gasteiger partial charge in [0.25, 0.3) is 0 Å². The van der Waals surface area contributed by atoms with Gasteiger partial charge < -0.3 is 25.8 Å². The predicted octanol–water partition coefficient (Wildman–Crippen LogP) is 13.0. The molecule has 7 unspecified atom stereocenters. The minimum absolute atomic E-state index is 0.0248. The van der Waals surface area contributed by atoms with Crippen LogP contribution in [0.2, 0.25) is 0 Å². The van der Waals surface area contributed by atoms with Crippen molar-refractivity contribution in [3.63, 3.8) is 0 Å². The molecule has 3 aromatic rings. The Morgan fingerprint density at radius 1 is 0.770 bits per heavy atom.